The van der Waals surface area contributed by atoms with Crippen molar-refractivity contribution in [2.24, 2.45) is 10.8 Å². The van der Waals surface area contributed by atoms with Crippen LogP contribution in [-0.4, -0.2) is 42.9 Å². The number of fused-ring (bicyclic) bond motifs is 1. The fraction of sp³-hybridized carbons (Fsp3) is 1.00. The SMILES string of the molecule is CC.CC.CC[N+](C)([O-])C1CC2(CCC23CC3)CN1C. The van der Waals surface area contributed by atoms with E-state index in [0.29, 0.717) is 17.4 Å². The van der Waals surface area contributed by atoms with E-state index in [2.05, 4.69) is 11.9 Å². The summed E-state index contributed by atoms with van der Waals surface area (Å²) in [5.41, 5.74) is 1.22. The fourth-order valence-corrected chi connectivity index (χ4v) is 4.30. The predicted molar refractivity (Wildman–Crippen MR) is 87.2 cm³/mol. The lowest BCUT2D eigenvalue weighted by atomic mass is 9.56. The van der Waals surface area contributed by atoms with Gasteiger partial charge in [-0.15, -0.1) is 0 Å². The molecule has 3 atom stereocenters. The van der Waals surface area contributed by atoms with Gasteiger partial charge in [0, 0.05) is 13.0 Å². The smallest absolute Gasteiger partial charge is 0.145 e. The van der Waals surface area contributed by atoms with Crippen molar-refractivity contribution in [2.45, 2.75) is 72.9 Å². The molecule has 0 N–H and O–H groups in total. The van der Waals surface area contributed by atoms with E-state index < -0.39 is 0 Å². The van der Waals surface area contributed by atoms with Gasteiger partial charge < -0.3 is 9.85 Å². The summed E-state index contributed by atoms with van der Waals surface area (Å²) in [4.78, 5) is 2.34. The Balaban J connectivity index is 0.000000461. The maximum atomic E-state index is 12.4. The Labute approximate surface area is 126 Å². The average Bonchev–Trinajstić information content (AvgIpc) is 3.22. The van der Waals surface area contributed by atoms with E-state index in [9.17, 15) is 5.21 Å². The first-order chi connectivity index (χ1) is 9.45. The molecule has 1 aliphatic heterocycles. The molecule has 20 heavy (non-hydrogen) atoms. The van der Waals surface area contributed by atoms with Gasteiger partial charge in [0.15, 0.2) is 0 Å². The van der Waals surface area contributed by atoms with E-state index in [4.69, 9.17) is 0 Å². The molecular formula is C17H36N2O. The zero-order valence-corrected chi connectivity index (χ0v) is 14.8. The number of quaternary nitrogens is 1. The molecule has 120 valence electrons. The van der Waals surface area contributed by atoms with Crippen LogP contribution < -0.4 is 0 Å². The number of hydroxylamine groups is 3. The monoisotopic (exact) mass is 284 g/mol. The van der Waals surface area contributed by atoms with Gasteiger partial charge in [-0.2, -0.15) is 0 Å². The molecule has 0 aromatic carbocycles. The van der Waals surface area contributed by atoms with Gasteiger partial charge in [0.05, 0.1) is 13.6 Å². The van der Waals surface area contributed by atoms with Gasteiger partial charge in [0.25, 0.3) is 0 Å². The molecule has 2 spiro atoms. The van der Waals surface area contributed by atoms with Crippen molar-refractivity contribution >= 4 is 0 Å². The summed E-state index contributed by atoms with van der Waals surface area (Å²) in [6, 6.07) is 0. The summed E-state index contributed by atoms with van der Waals surface area (Å²) in [5.74, 6) is 0. The van der Waals surface area contributed by atoms with Crippen molar-refractivity contribution in [1.82, 2.24) is 4.90 Å². The summed E-state index contributed by atoms with van der Waals surface area (Å²) in [7, 11) is 4.00. The lowest BCUT2D eigenvalue weighted by molar-refractivity contribution is -0.895. The molecule has 2 saturated carbocycles. The first-order valence-corrected chi connectivity index (χ1v) is 8.71. The molecule has 3 aliphatic rings. The Morgan fingerprint density at radius 2 is 1.50 bits per heavy atom. The second-order valence-corrected chi connectivity index (χ2v) is 6.65. The maximum absolute atomic E-state index is 12.4. The summed E-state index contributed by atoms with van der Waals surface area (Å²) in [6.07, 6.45) is 7.03. The van der Waals surface area contributed by atoms with E-state index >= 15 is 0 Å². The molecule has 3 unspecified atom stereocenters. The first-order valence-electron chi connectivity index (χ1n) is 8.71. The normalized spacial score (nSPS) is 36.3. The molecule has 3 fully saturated rings. The molecule has 1 saturated heterocycles. The third-order valence-electron chi connectivity index (χ3n) is 5.95. The van der Waals surface area contributed by atoms with Crippen molar-refractivity contribution < 1.29 is 4.65 Å². The van der Waals surface area contributed by atoms with Crippen molar-refractivity contribution in [3.63, 3.8) is 0 Å². The molecule has 0 aromatic heterocycles. The standard InChI is InChI=1S/C13H24N2O.2C2H6/c1-4-15(3,16)11-9-13(10-14(11)2)8-7-12(13)5-6-12;2*1-2/h11H,4-10H2,1-3H3;2*1-2H3. The van der Waals surface area contributed by atoms with E-state index in [0.717, 1.165) is 6.42 Å². The minimum Gasteiger partial charge on any atom is -0.632 e. The molecule has 3 nitrogen and oxygen atoms in total. The zero-order chi connectivity index (χ0) is 15.6. The summed E-state index contributed by atoms with van der Waals surface area (Å²) >= 11 is 0. The van der Waals surface area contributed by atoms with E-state index in [1.165, 1.54) is 32.2 Å². The zero-order valence-electron chi connectivity index (χ0n) is 14.8. The van der Waals surface area contributed by atoms with Crippen molar-refractivity contribution in [1.29, 1.82) is 0 Å². The highest BCUT2D eigenvalue weighted by Gasteiger charge is 2.69. The van der Waals surface area contributed by atoms with E-state index in [1.807, 2.05) is 41.7 Å². The molecule has 0 bridgehead atoms. The quantitative estimate of drug-likeness (QED) is 0.560. The molecule has 0 radical (unpaired) electrons. The van der Waals surface area contributed by atoms with E-state index in [-0.39, 0.29) is 10.8 Å². The lowest BCUT2D eigenvalue weighted by Gasteiger charge is -2.49. The number of likely N-dealkylation sites (tertiary alicyclic amines) is 1. The molecule has 3 heteroatoms. The highest BCUT2D eigenvalue weighted by atomic mass is 16.5. The summed E-state index contributed by atoms with van der Waals surface area (Å²) in [5, 5.41) is 12.4. The van der Waals surface area contributed by atoms with Gasteiger partial charge >= 0.3 is 0 Å². The van der Waals surface area contributed by atoms with Crippen LogP contribution in [0.25, 0.3) is 0 Å². The lowest BCUT2D eigenvalue weighted by Crippen LogP contribution is -2.52. The molecular weight excluding hydrogens is 248 g/mol. The second kappa shape index (κ2) is 6.33. The number of rotatable bonds is 2. The van der Waals surface area contributed by atoms with Crippen LogP contribution >= 0.6 is 0 Å². The Kier molecular flexibility index (Phi) is 5.67. The van der Waals surface area contributed by atoms with Crippen molar-refractivity contribution in [2.75, 3.05) is 27.2 Å². The van der Waals surface area contributed by atoms with Crippen LogP contribution in [0.5, 0.6) is 0 Å². The van der Waals surface area contributed by atoms with E-state index in [1.54, 1.807) is 0 Å². The average molecular weight is 284 g/mol. The number of nitrogens with zero attached hydrogens (tertiary/aromatic N) is 2. The van der Waals surface area contributed by atoms with Crippen LogP contribution in [0.1, 0.15) is 66.7 Å². The third kappa shape index (κ3) is 2.65. The van der Waals surface area contributed by atoms with Gasteiger partial charge in [0.2, 0.25) is 0 Å². The van der Waals surface area contributed by atoms with Crippen LogP contribution in [0, 0.1) is 16.0 Å². The van der Waals surface area contributed by atoms with Crippen molar-refractivity contribution in [3.05, 3.63) is 5.21 Å². The van der Waals surface area contributed by atoms with Gasteiger partial charge in [-0.25, -0.2) is 0 Å². The van der Waals surface area contributed by atoms with Crippen LogP contribution in [0.3, 0.4) is 0 Å². The number of hydrogen-bond donors (Lipinski definition) is 0. The number of hydrogen-bond acceptors (Lipinski definition) is 2. The topological polar surface area (TPSA) is 26.3 Å². The Bertz CT molecular complexity index is 312. The minimum absolute atomic E-state index is 0.0751. The van der Waals surface area contributed by atoms with Gasteiger partial charge in [-0.1, -0.05) is 27.7 Å². The molecule has 3 rings (SSSR count). The third-order valence-corrected chi connectivity index (χ3v) is 5.95. The van der Waals surface area contributed by atoms with Gasteiger partial charge in [-0.3, -0.25) is 4.90 Å². The Hall–Kier alpha value is -0.120. The minimum atomic E-state index is -0.0751. The van der Waals surface area contributed by atoms with Crippen LogP contribution in [0.4, 0.5) is 0 Å². The fourth-order valence-electron chi connectivity index (χ4n) is 4.30. The molecule has 0 amide bonds. The van der Waals surface area contributed by atoms with Crippen LogP contribution in [-0.2, 0) is 0 Å². The molecule has 0 aromatic rings. The highest BCUT2D eigenvalue weighted by Crippen LogP contribution is 2.74. The predicted octanol–water partition coefficient (Wildman–Crippen LogP) is 4.23. The van der Waals surface area contributed by atoms with Crippen LogP contribution in [0.2, 0.25) is 0 Å². The second-order valence-electron chi connectivity index (χ2n) is 6.65. The largest absolute Gasteiger partial charge is 0.632 e. The molecule has 1 heterocycles. The van der Waals surface area contributed by atoms with Crippen molar-refractivity contribution in [3.8, 4) is 0 Å². The summed E-state index contributed by atoms with van der Waals surface area (Å²) in [6.45, 7) is 11.9. The Morgan fingerprint density at radius 3 is 1.85 bits per heavy atom. The van der Waals surface area contributed by atoms with Gasteiger partial charge in [0.1, 0.15) is 6.17 Å². The van der Waals surface area contributed by atoms with Crippen LogP contribution in [0.15, 0.2) is 0 Å². The first kappa shape index (κ1) is 17.9. The van der Waals surface area contributed by atoms with Gasteiger partial charge in [-0.05, 0) is 50.5 Å². The summed E-state index contributed by atoms with van der Waals surface area (Å²) < 4.78 is -0.0751. The maximum Gasteiger partial charge on any atom is 0.145 e. The molecule has 2 aliphatic carbocycles. The Morgan fingerprint density at radius 1 is 1.05 bits per heavy atom. The highest BCUT2D eigenvalue weighted by molar-refractivity contribution is 5.18.